The molecule has 4 nitrogen and oxygen atoms in total. The minimum Gasteiger partial charge on any atom is -0.310 e. The van der Waals surface area contributed by atoms with Crippen molar-refractivity contribution in [3.05, 3.63) is 18.0 Å². The number of aromatic nitrogens is 2. The van der Waals surface area contributed by atoms with Gasteiger partial charge in [-0.3, -0.25) is 9.58 Å². The molecule has 1 saturated heterocycles. The van der Waals surface area contributed by atoms with Crippen LogP contribution in [0.5, 0.6) is 0 Å². The minimum absolute atomic E-state index is 0.586. The number of hydrogen-bond donors (Lipinski definition) is 1. The molecule has 4 heteroatoms. The SMILES string of the molecule is CC(C)NC1CCN(Cc2cnn(C)c2)C1. The van der Waals surface area contributed by atoms with Crippen LogP contribution in [0.15, 0.2) is 12.4 Å². The second-order valence-corrected chi connectivity index (χ2v) is 5.06. The Labute approximate surface area is 97.6 Å². The molecule has 0 radical (unpaired) electrons. The van der Waals surface area contributed by atoms with Gasteiger partial charge < -0.3 is 5.32 Å². The lowest BCUT2D eigenvalue weighted by molar-refractivity contribution is 0.317. The van der Waals surface area contributed by atoms with E-state index in [1.54, 1.807) is 0 Å². The largest absolute Gasteiger partial charge is 0.310 e. The molecule has 90 valence electrons. The zero-order valence-electron chi connectivity index (χ0n) is 10.5. The van der Waals surface area contributed by atoms with Gasteiger partial charge in [0.25, 0.3) is 0 Å². The molecule has 2 heterocycles. The predicted octanol–water partition coefficient (Wildman–Crippen LogP) is 0.992. The fourth-order valence-corrected chi connectivity index (χ4v) is 2.40. The molecule has 0 saturated carbocycles. The molecule has 0 spiro atoms. The van der Waals surface area contributed by atoms with Crippen molar-refractivity contribution in [1.82, 2.24) is 20.0 Å². The summed E-state index contributed by atoms with van der Waals surface area (Å²) in [4.78, 5) is 2.50. The smallest absolute Gasteiger partial charge is 0.0534 e. The van der Waals surface area contributed by atoms with Gasteiger partial charge in [-0.25, -0.2) is 0 Å². The van der Waals surface area contributed by atoms with E-state index in [9.17, 15) is 0 Å². The van der Waals surface area contributed by atoms with Crippen LogP contribution in [0.3, 0.4) is 0 Å². The molecule has 1 unspecified atom stereocenters. The lowest BCUT2D eigenvalue weighted by Crippen LogP contribution is -2.36. The normalized spacial score (nSPS) is 22.1. The highest BCUT2D eigenvalue weighted by atomic mass is 15.2. The third-order valence-electron chi connectivity index (χ3n) is 3.01. The van der Waals surface area contributed by atoms with Crippen LogP contribution in [0.1, 0.15) is 25.8 Å². The number of aryl methyl sites for hydroxylation is 1. The van der Waals surface area contributed by atoms with Gasteiger partial charge in [-0.1, -0.05) is 13.8 Å². The maximum Gasteiger partial charge on any atom is 0.0534 e. The van der Waals surface area contributed by atoms with Gasteiger partial charge in [-0.2, -0.15) is 5.10 Å². The highest BCUT2D eigenvalue weighted by molar-refractivity contribution is 5.04. The lowest BCUT2D eigenvalue weighted by atomic mass is 10.2. The van der Waals surface area contributed by atoms with E-state index < -0.39 is 0 Å². The van der Waals surface area contributed by atoms with Gasteiger partial charge in [0.05, 0.1) is 6.20 Å². The van der Waals surface area contributed by atoms with E-state index in [2.05, 4.69) is 35.4 Å². The first kappa shape index (κ1) is 11.6. The Balaban J connectivity index is 1.80. The molecule has 1 aromatic rings. The van der Waals surface area contributed by atoms with Crippen molar-refractivity contribution in [1.29, 1.82) is 0 Å². The Bertz CT molecular complexity index is 332. The summed E-state index contributed by atoms with van der Waals surface area (Å²) >= 11 is 0. The van der Waals surface area contributed by atoms with Gasteiger partial charge >= 0.3 is 0 Å². The van der Waals surface area contributed by atoms with E-state index in [1.807, 2.05) is 17.9 Å². The molecular weight excluding hydrogens is 200 g/mol. The molecule has 0 aromatic carbocycles. The molecule has 0 amide bonds. The summed E-state index contributed by atoms with van der Waals surface area (Å²) in [6, 6.07) is 1.25. The molecule has 1 aliphatic rings. The van der Waals surface area contributed by atoms with Gasteiger partial charge in [-0.05, 0) is 6.42 Å². The van der Waals surface area contributed by atoms with Crippen LogP contribution in [0.25, 0.3) is 0 Å². The summed E-state index contributed by atoms with van der Waals surface area (Å²) in [6.45, 7) is 7.81. The second kappa shape index (κ2) is 4.97. The number of hydrogen-bond acceptors (Lipinski definition) is 3. The molecular formula is C12H22N4. The fraction of sp³-hybridized carbons (Fsp3) is 0.750. The first-order chi connectivity index (χ1) is 7.63. The molecule has 2 rings (SSSR count). The Morgan fingerprint density at radius 3 is 3.00 bits per heavy atom. The maximum atomic E-state index is 4.20. The zero-order valence-corrected chi connectivity index (χ0v) is 10.5. The van der Waals surface area contributed by atoms with Crippen LogP contribution >= 0.6 is 0 Å². The predicted molar refractivity (Wildman–Crippen MR) is 65.2 cm³/mol. The van der Waals surface area contributed by atoms with Crippen molar-refractivity contribution in [3.63, 3.8) is 0 Å². The first-order valence-electron chi connectivity index (χ1n) is 6.09. The number of nitrogens with one attached hydrogen (secondary N) is 1. The van der Waals surface area contributed by atoms with Crippen molar-refractivity contribution < 1.29 is 0 Å². The first-order valence-corrected chi connectivity index (χ1v) is 6.09. The molecule has 1 N–H and O–H groups in total. The summed E-state index contributed by atoms with van der Waals surface area (Å²) in [5.41, 5.74) is 1.31. The topological polar surface area (TPSA) is 33.1 Å². The van der Waals surface area contributed by atoms with E-state index in [0.717, 1.165) is 13.1 Å². The van der Waals surface area contributed by atoms with Gasteiger partial charge in [-0.15, -0.1) is 0 Å². The number of nitrogens with zero attached hydrogens (tertiary/aromatic N) is 3. The molecule has 0 bridgehead atoms. The summed E-state index contributed by atoms with van der Waals surface area (Å²) in [5, 5.41) is 7.80. The van der Waals surface area contributed by atoms with Gasteiger partial charge in [0.2, 0.25) is 0 Å². The summed E-state index contributed by atoms with van der Waals surface area (Å²) < 4.78 is 1.87. The van der Waals surface area contributed by atoms with E-state index >= 15 is 0 Å². The third kappa shape index (κ3) is 3.06. The highest BCUT2D eigenvalue weighted by Crippen LogP contribution is 2.13. The molecule has 1 aliphatic heterocycles. The fourth-order valence-electron chi connectivity index (χ4n) is 2.40. The third-order valence-corrected chi connectivity index (χ3v) is 3.01. The van der Waals surface area contributed by atoms with Gasteiger partial charge in [0.1, 0.15) is 0 Å². The summed E-state index contributed by atoms with van der Waals surface area (Å²) in [6.07, 6.45) is 5.32. The number of rotatable bonds is 4. The van der Waals surface area contributed by atoms with Crippen LogP contribution in [-0.4, -0.2) is 39.9 Å². The van der Waals surface area contributed by atoms with Crippen LogP contribution in [0, 0.1) is 0 Å². The van der Waals surface area contributed by atoms with E-state index in [4.69, 9.17) is 0 Å². The Kier molecular flexibility index (Phi) is 3.61. The monoisotopic (exact) mass is 222 g/mol. The lowest BCUT2D eigenvalue weighted by Gasteiger charge is -2.17. The van der Waals surface area contributed by atoms with Crippen molar-refractivity contribution in [2.75, 3.05) is 13.1 Å². The molecule has 1 aromatic heterocycles. The van der Waals surface area contributed by atoms with Crippen molar-refractivity contribution >= 4 is 0 Å². The Morgan fingerprint density at radius 1 is 1.56 bits per heavy atom. The minimum atomic E-state index is 0.586. The highest BCUT2D eigenvalue weighted by Gasteiger charge is 2.22. The molecule has 1 atom stereocenters. The van der Waals surface area contributed by atoms with Gasteiger partial charge in [0.15, 0.2) is 0 Å². The maximum absolute atomic E-state index is 4.20. The Hall–Kier alpha value is -0.870. The summed E-state index contributed by atoms with van der Waals surface area (Å²) in [5.74, 6) is 0. The standard InChI is InChI=1S/C12H22N4/c1-10(2)14-12-4-5-16(9-12)8-11-6-13-15(3)7-11/h6-7,10,12,14H,4-5,8-9H2,1-3H3. The molecule has 16 heavy (non-hydrogen) atoms. The van der Waals surface area contributed by atoms with Crippen molar-refractivity contribution in [3.8, 4) is 0 Å². The van der Waals surface area contributed by atoms with Crippen LogP contribution < -0.4 is 5.32 Å². The van der Waals surface area contributed by atoms with Crippen molar-refractivity contribution in [2.45, 2.75) is 38.9 Å². The van der Waals surface area contributed by atoms with E-state index in [1.165, 1.54) is 18.5 Å². The van der Waals surface area contributed by atoms with E-state index in [0.29, 0.717) is 12.1 Å². The zero-order chi connectivity index (χ0) is 11.5. The summed E-state index contributed by atoms with van der Waals surface area (Å²) in [7, 11) is 1.97. The van der Waals surface area contributed by atoms with Gasteiger partial charge in [0, 0.05) is 50.5 Å². The van der Waals surface area contributed by atoms with Crippen LogP contribution in [0.2, 0.25) is 0 Å². The average Bonchev–Trinajstić information content (AvgIpc) is 2.76. The second-order valence-electron chi connectivity index (χ2n) is 5.06. The average molecular weight is 222 g/mol. The Morgan fingerprint density at radius 2 is 2.38 bits per heavy atom. The molecule has 0 aliphatic carbocycles. The van der Waals surface area contributed by atoms with Crippen LogP contribution in [-0.2, 0) is 13.6 Å². The molecule has 1 fully saturated rings. The van der Waals surface area contributed by atoms with E-state index in [-0.39, 0.29) is 0 Å². The quantitative estimate of drug-likeness (QED) is 0.825. The number of likely N-dealkylation sites (tertiary alicyclic amines) is 1. The van der Waals surface area contributed by atoms with Crippen LogP contribution in [0.4, 0.5) is 0 Å². The van der Waals surface area contributed by atoms with Crippen molar-refractivity contribution in [2.24, 2.45) is 7.05 Å².